The first-order valence-electron chi connectivity index (χ1n) is 5.60. The van der Waals surface area contributed by atoms with E-state index in [4.69, 9.17) is 0 Å². The van der Waals surface area contributed by atoms with Gasteiger partial charge in [-0.3, -0.25) is 0 Å². The maximum absolute atomic E-state index is 3.83. The topological polar surface area (TPSA) is 0 Å². The average molecular weight is 194 g/mol. The van der Waals surface area contributed by atoms with Crippen LogP contribution in [0.15, 0.2) is 37.0 Å². The van der Waals surface area contributed by atoms with Crippen molar-refractivity contribution in [2.45, 2.75) is 47.5 Å². The molecule has 14 heavy (non-hydrogen) atoms. The van der Waals surface area contributed by atoms with Gasteiger partial charge in [-0.25, -0.2) is 0 Å². The van der Waals surface area contributed by atoms with Gasteiger partial charge in [0.2, 0.25) is 0 Å². The van der Waals surface area contributed by atoms with Crippen molar-refractivity contribution in [3.05, 3.63) is 37.0 Å². The van der Waals surface area contributed by atoms with Crippen molar-refractivity contribution in [1.29, 1.82) is 0 Å². The first-order valence-corrected chi connectivity index (χ1v) is 5.60. The predicted molar refractivity (Wildman–Crippen MR) is 68.5 cm³/mol. The third kappa shape index (κ3) is 4.45. The van der Waals surface area contributed by atoms with Gasteiger partial charge in [0.1, 0.15) is 0 Å². The van der Waals surface area contributed by atoms with E-state index in [1.54, 1.807) is 0 Å². The number of hydrogen-bond acceptors (Lipinski definition) is 0. The zero-order chi connectivity index (χ0) is 11.6. The molecule has 0 aliphatic rings. The Balaban J connectivity index is 0. The summed E-state index contributed by atoms with van der Waals surface area (Å²) in [5.74, 6) is 0. The standard InChI is InChI=1S/C12H20.C2H6/c1-6-10-11(7-2)12(5,8-3)9-4;1-2/h6-7,10H,1-2,8-9H2,3-5H3;1-2H3/b11-10+;. The molecule has 0 rings (SSSR count). The van der Waals surface area contributed by atoms with Gasteiger partial charge in [0.05, 0.1) is 0 Å². The SMILES string of the molecule is C=C/C=C(\C=C)C(C)(CC)CC.CC. The van der Waals surface area contributed by atoms with Crippen LogP contribution in [0.2, 0.25) is 0 Å². The van der Waals surface area contributed by atoms with Crippen LogP contribution in [0.3, 0.4) is 0 Å². The summed E-state index contributed by atoms with van der Waals surface area (Å²) >= 11 is 0. The van der Waals surface area contributed by atoms with Crippen LogP contribution in [-0.4, -0.2) is 0 Å². The van der Waals surface area contributed by atoms with E-state index in [1.165, 1.54) is 5.57 Å². The van der Waals surface area contributed by atoms with E-state index in [0.717, 1.165) is 12.8 Å². The molecule has 0 saturated heterocycles. The van der Waals surface area contributed by atoms with Crippen molar-refractivity contribution in [2.75, 3.05) is 0 Å². The lowest BCUT2D eigenvalue weighted by atomic mass is 9.77. The Bertz CT molecular complexity index is 180. The van der Waals surface area contributed by atoms with E-state index in [0.29, 0.717) is 0 Å². The van der Waals surface area contributed by atoms with Gasteiger partial charge >= 0.3 is 0 Å². The Morgan fingerprint density at radius 2 is 1.57 bits per heavy atom. The minimum atomic E-state index is 0.274. The lowest BCUT2D eigenvalue weighted by Gasteiger charge is -2.28. The monoisotopic (exact) mass is 194 g/mol. The maximum atomic E-state index is 3.83. The van der Waals surface area contributed by atoms with Crippen molar-refractivity contribution >= 4 is 0 Å². The first kappa shape index (κ1) is 15.7. The molecule has 0 heterocycles. The molecule has 0 amide bonds. The highest BCUT2D eigenvalue weighted by molar-refractivity contribution is 5.27. The number of allylic oxidation sites excluding steroid dienone is 4. The van der Waals surface area contributed by atoms with Crippen LogP contribution < -0.4 is 0 Å². The van der Waals surface area contributed by atoms with Gasteiger partial charge in [-0.2, -0.15) is 0 Å². The summed E-state index contributed by atoms with van der Waals surface area (Å²) in [5, 5.41) is 0. The molecule has 0 aromatic rings. The normalized spacial score (nSPS) is 11.4. The van der Waals surface area contributed by atoms with Gasteiger partial charge in [-0.05, 0) is 23.8 Å². The summed E-state index contributed by atoms with van der Waals surface area (Å²) < 4.78 is 0. The molecule has 0 aromatic carbocycles. The number of hydrogen-bond donors (Lipinski definition) is 0. The molecule has 0 bridgehead atoms. The molecular weight excluding hydrogens is 168 g/mol. The maximum Gasteiger partial charge on any atom is -0.00807 e. The number of rotatable bonds is 5. The third-order valence-corrected chi connectivity index (χ3v) is 2.77. The molecule has 0 saturated carbocycles. The summed E-state index contributed by atoms with van der Waals surface area (Å²) in [5.41, 5.74) is 1.57. The van der Waals surface area contributed by atoms with Gasteiger partial charge in [0.15, 0.2) is 0 Å². The molecule has 0 unspecified atom stereocenters. The van der Waals surface area contributed by atoms with E-state index in [-0.39, 0.29) is 5.41 Å². The zero-order valence-electron chi connectivity index (χ0n) is 10.6. The fourth-order valence-electron chi connectivity index (χ4n) is 1.30. The molecule has 82 valence electrons. The second kappa shape index (κ2) is 8.80. The van der Waals surface area contributed by atoms with Crippen molar-refractivity contribution in [1.82, 2.24) is 0 Å². The summed E-state index contributed by atoms with van der Waals surface area (Å²) in [4.78, 5) is 0. The van der Waals surface area contributed by atoms with Gasteiger partial charge in [-0.15, -0.1) is 0 Å². The van der Waals surface area contributed by atoms with Gasteiger partial charge < -0.3 is 0 Å². The zero-order valence-corrected chi connectivity index (χ0v) is 10.6. The van der Waals surface area contributed by atoms with Crippen LogP contribution in [0, 0.1) is 5.41 Å². The fraction of sp³-hybridized carbons (Fsp3) is 0.571. The first-order chi connectivity index (χ1) is 6.64. The van der Waals surface area contributed by atoms with E-state index in [9.17, 15) is 0 Å². The summed E-state index contributed by atoms with van der Waals surface area (Å²) in [6, 6.07) is 0. The molecule has 0 aliphatic carbocycles. The molecule has 0 nitrogen and oxygen atoms in total. The molecular formula is C14H26. The van der Waals surface area contributed by atoms with Crippen LogP contribution in [0.25, 0.3) is 0 Å². The Labute approximate surface area is 90.4 Å². The second-order valence-corrected chi connectivity index (χ2v) is 3.33. The molecule has 0 aromatic heterocycles. The fourth-order valence-corrected chi connectivity index (χ4v) is 1.30. The Hall–Kier alpha value is -0.780. The van der Waals surface area contributed by atoms with Crippen LogP contribution in [-0.2, 0) is 0 Å². The molecule has 0 aliphatic heterocycles. The van der Waals surface area contributed by atoms with Gasteiger partial charge in [-0.1, -0.05) is 66.0 Å². The Kier molecular flexibility index (Phi) is 9.86. The van der Waals surface area contributed by atoms with Crippen molar-refractivity contribution in [3.63, 3.8) is 0 Å². The van der Waals surface area contributed by atoms with Gasteiger partial charge in [0.25, 0.3) is 0 Å². The second-order valence-electron chi connectivity index (χ2n) is 3.33. The summed E-state index contributed by atoms with van der Waals surface area (Å²) in [6.07, 6.45) is 8.12. The lowest BCUT2D eigenvalue weighted by molar-refractivity contribution is 0.377. The van der Waals surface area contributed by atoms with Crippen LogP contribution >= 0.6 is 0 Å². The van der Waals surface area contributed by atoms with Crippen molar-refractivity contribution < 1.29 is 0 Å². The minimum absolute atomic E-state index is 0.274. The highest BCUT2D eigenvalue weighted by Crippen LogP contribution is 2.34. The van der Waals surface area contributed by atoms with Crippen molar-refractivity contribution in [3.8, 4) is 0 Å². The lowest BCUT2D eigenvalue weighted by Crippen LogP contribution is -2.15. The Morgan fingerprint density at radius 1 is 1.14 bits per heavy atom. The van der Waals surface area contributed by atoms with E-state index in [2.05, 4.69) is 40.0 Å². The molecule has 0 atom stereocenters. The van der Waals surface area contributed by atoms with E-state index < -0.39 is 0 Å². The van der Waals surface area contributed by atoms with Crippen LogP contribution in [0.5, 0.6) is 0 Å². The molecule has 0 spiro atoms. The van der Waals surface area contributed by atoms with Gasteiger partial charge in [0, 0.05) is 0 Å². The molecule has 0 N–H and O–H groups in total. The summed E-state index contributed by atoms with van der Waals surface area (Å²) in [7, 11) is 0. The Morgan fingerprint density at radius 3 is 1.79 bits per heavy atom. The minimum Gasteiger partial charge on any atom is -0.0991 e. The molecule has 0 radical (unpaired) electrons. The third-order valence-electron chi connectivity index (χ3n) is 2.77. The van der Waals surface area contributed by atoms with Crippen LogP contribution in [0.4, 0.5) is 0 Å². The largest absolute Gasteiger partial charge is 0.0991 e. The predicted octanol–water partition coefficient (Wildman–Crippen LogP) is 5.14. The van der Waals surface area contributed by atoms with Crippen LogP contribution in [0.1, 0.15) is 47.5 Å². The molecule has 0 heteroatoms. The quantitative estimate of drug-likeness (QED) is 0.532. The highest BCUT2D eigenvalue weighted by Gasteiger charge is 2.21. The summed E-state index contributed by atoms with van der Waals surface area (Å²) in [6.45, 7) is 18.2. The highest BCUT2D eigenvalue weighted by atomic mass is 14.3. The smallest absolute Gasteiger partial charge is 0.00807 e. The average Bonchev–Trinajstić information content (AvgIpc) is 2.27. The van der Waals surface area contributed by atoms with E-state index >= 15 is 0 Å². The molecule has 0 fully saturated rings. The van der Waals surface area contributed by atoms with E-state index in [1.807, 2.05) is 26.0 Å². The van der Waals surface area contributed by atoms with Crippen molar-refractivity contribution in [2.24, 2.45) is 5.41 Å².